The normalized spacial score (nSPS) is 12.1. The van der Waals surface area contributed by atoms with Gasteiger partial charge in [0, 0.05) is 12.1 Å². The van der Waals surface area contributed by atoms with Gasteiger partial charge in [-0.1, -0.05) is 6.07 Å². The summed E-state index contributed by atoms with van der Waals surface area (Å²) in [4.78, 5) is 11.5. The Morgan fingerprint density at radius 3 is 2.55 bits per heavy atom. The van der Waals surface area contributed by atoms with Crippen LogP contribution in [0.3, 0.4) is 0 Å². The van der Waals surface area contributed by atoms with E-state index in [1.807, 2.05) is 19.1 Å². The smallest absolute Gasteiger partial charge is 0.344 e. The van der Waals surface area contributed by atoms with Crippen LogP contribution in [0.15, 0.2) is 18.2 Å². The van der Waals surface area contributed by atoms with Gasteiger partial charge < -0.3 is 19.9 Å². The summed E-state index contributed by atoms with van der Waals surface area (Å²) in [5, 5.41) is 0. The molecule has 1 aromatic rings. The first-order chi connectivity index (χ1) is 9.42. The minimum absolute atomic E-state index is 0.00774. The van der Waals surface area contributed by atoms with Gasteiger partial charge in [0.05, 0.1) is 13.2 Å². The summed E-state index contributed by atoms with van der Waals surface area (Å²) in [7, 11) is 1.58. The van der Waals surface area contributed by atoms with Crippen LogP contribution >= 0.6 is 0 Å². The van der Waals surface area contributed by atoms with E-state index < -0.39 is 5.97 Å². The first-order valence-corrected chi connectivity index (χ1v) is 6.67. The van der Waals surface area contributed by atoms with Crippen LogP contribution in [-0.2, 0) is 16.0 Å². The number of hydrogen-bond donors (Lipinski definition) is 1. The Balaban J connectivity index is 2.76. The number of hydrogen-bond acceptors (Lipinski definition) is 5. The molecule has 0 fully saturated rings. The molecule has 0 radical (unpaired) electrons. The van der Waals surface area contributed by atoms with Gasteiger partial charge in [-0.05, 0) is 38.8 Å². The first kappa shape index (κ1) is 16.3. The van der Waals surface area contributed by atoms with Crippen LogP contribution < -0.4 is 15.2 Å². The lowest BCUT2D eigenvalue weighted by Crippen LogP contribution is -2.21. The first-order valence-electron chi connectivity index (χ1n) is 6.67. The Hall–Kier alpha value is -1.75. The summed E-state index contributed by atoms with van der Waals surface area (Å²) in [5.74, 6) is 0.877. The van der Waals surface area contributed by atoms with Gasteiger partial charge in [-0.25, -0.2) is 4.79 Å². The molecule has 2 N–H and O–H groups in total. The van der Waals surface area contributed by atoms with Gasteiger partial charge in [0.1, 0.15) is 11.5 Å². The largest absolute Gasteiger partial charge is 0.497 e. The lowest BCUT2D eigenvalue weighted by molar-refractivity contribution is -0.149. The molecule has 1 atom stereocenters. The SMILES string of the molecule is COc1ccc(CC(C)N)c(OCC(=O)OC(C)C)c1. The zero-order valence-corrected chi connectivity index (χ0v) is 12.5. The van der Waals surface area contributed by atoms with Crippen molar-refractivity contribution in [3.8, 4) is 11.5 Å². The molecule has 0 aliphatic rings. The molecule has 20 heavy (non-hydrogen) atoms. The Bertz CT molecular complexity index is 443. The van der Waals surface area contributed by atoms with Crippen molar-refractivity contribution in [2.45, 2.75) is 39.3 Å². The van der Waals surface area contributed by atoms with Crippen molar-refractivity contribution in [2.24, 2.45) is 5.73 Å². The van der Waals surface area contributed by atoms with E-state index in [1.165, 1.54) is 0 Å². The maximum absolute atomic E-state index is 11.5. The van der Waals surface area contributed by atoms with Crippen LogP contribution in [0, 0.1) is 0 Å². The molecule has 5 heteroatoms. The van der Waals surface area contributed by atoms with Gasteiger partial charge >= 0.3 is 5.97 Å². The number of carbonyl (C=O) groups is 1. The van der Waals surface area contributed by atoms with Crippen LogP contribution in [0.2, 0.25) is 0 Å². The van der Waals surface area contributed by atoms with Crippen molar-refractivity contribution < 1.29 is 19.0 Å². The molecule has 0 spiro atoms. The van der Waals surface area contributed by atoms with Crippen molar-refractivity contribution in [1.82, 2.24) is 0 Å². The lowest BCUT2D eigenvalue weighted by atomic mass is 10.1. The fourth-order valence-corrected chi connectivity index (χ4v) is 1.75. The Morgan fingerprint density at radius 2 is 2.00 bits per heavy atom. The maximum Gasteiger partial charge on any atom is 0.344 e. The Kier molecular flexibility index (Phi) is 6.31. The molecule has 1 rings (SSSR count). The highest BCUT2D eigenvalue weighted by Crippen LogP contribution is 2.25. The van der Waals surface area contributed by atoms with Gasteiger partial charge in [-0.2, -0.15) is 0 Å². The second-order valence-electron chi connectivity index (χ2n) is 4.98. The summed E-state index contributed by atoms with van der Waals surface area (Å²) < 4.78 is 15.7. The average molecular weight is 281 g/mol. The molecule has 0 heterocycles. The molecule has 0 amide bonds. The van der Waals surface area contributed by atoms with Crippen molar-refractivity contribution in [1.29, 1.82) is 0 Å². The predicted molar refractivity (Wildman–Crippen MR) is 77.1 cm³/mol. The van der Waals surface area contributed by atoms with E-state index in [0.717, 1.165) is 5.56 Å². The molecular weight excluding hydrogens is 258 g/mol. The number of ether oxygens (including phenoxy) is 3. The van der Waals surface area contributed by atoms with Crippen LogP contribution in [0.4, 0.5) is 0 Å². The van der Waals surface area contributed by atoms with Crippen LogP contribution in [0.25, 0.3) is 0 Å². The maximum atomic E-state index is 11.5. The van der Waals surface area contributed by atoms with E-state index in [4.69, 9.17) is 19.9 Å². The van der Waals surface area contributed by atoms with Gasteiger partial charge in [-0.15, -0.1) is 0 Å². The molecule has 0 aliphatic carbocycles. The molecule has 0 aliphatic heterocycles. The Labute approximate surface area is 120 Å². The highest BCUT2D eigenvalue weighted by molar-refractivity contribution is 5.71. The zero-order chi connectivity index (χ0) is 15.1. The van der Waals surface area contributed by atoms with Gasteiger partial charge in [0.15, 0.2) is 6.61 Å². The molecule has 0 saturated carbocycles. The summed E-state index contributed by atoms with van der Waals surface area (Å²) in [5.41, 5.74) is 6.75. The highest BCUT2D eigenvalue weighted by Gasteiger charge is 2.11. The molecule has 5 nitrogen and oxygen atoms in total. The molecule has 1 unspecified atom stereocenters. The minimum atomic E-state index is -0.394. The molecule has 0 aromatic heterocycles. The van der Waals surface area contributed by atoms with Gasteiger partial charge in [0.2, 0.25) is 0 Å². The van der Waals surface area contributed by atoms with Gasteiger partial charge in [-0.3, -0.25) is 0 Å². The quantitative estimate of drug-likeness (QED) is 0.773. The minimum Gasteiger partial charge on any atom is -0.497 e. The van der Waals surface area contributed by atoms with Crippen LogP contribution in [-0.4, -0.2) is 31.8 Å². The molecule has 0 bridgehead atoms. The lowest BCUT2D eigenvalue weighted by Gasteiger charge is -2.14. The standard InChI is InChI=1S/C15H23NO4/c1-10(2)20-15(17)9-19-14-8-13(18-4)6-5-12(14)7-11(3)16/h5-6,8,10-11H,7,9,16H2,1-4H3. The molecule has 1 aromatic carbocycles. The van der Waals surface area contributed by atoms with E-state index in [9.17, 15) is 4.79 Å². The third-order valence-electron chi connectivity index (χ3n) is 2.53. The zero-order valence-electron chi connectivity index (χ0n) is 12.5. The predicted octanol–water partition coefficient (Wildman–Crippen LogP) is 1.92. The van der Waals surface area contributed by atoms with Crippen LogP contribution in [0.5, 0.6) is 11.5 Å². The number of methoxy groups -OCH3 is 1. The fourth-order valence-electron chi connectivity index (χ4n) is 1.75. The molecule has 0 saturated heterocycles. The Morgan fingerprint density at radius 1 is 1.30 bits per heavy atom. The average Bonchev–Trinajstić information content (AvgIpc) is 2.36. The molecule has 112 valence electrons. The number of rotatable bonds is 7. The third-order valence-corrected chi connectivity index (χ3v) is 2.53. The van der Waals surface area contributed by atoms with E-state index in [1.54, 1.807) is 27.0 Å². The number of esters is 1. The van der Waals surface area contributed by atoms with Gasteiger partial charge in [0.25, 0.3) is 0 Å². The van der Waals surface area contributed by atoms with Crippen molar-refractivity contribution >= 4 is 5.97 Å². The fraction of sp³-hybridized carbons (Fsp3) is 0.533. The van der Waals surface area contributed by atoms with Crippen LogP contribution in [0.1, 0.15) is 26.3 Å². The number of nitrogens with two attached hydrogens (primary N) is 1. The topological polar surface area (TPSA) is 70.8 Å². The summed E-state index contributed by atoms with van der Waals surface area (Å²) in [6.45, 7) is 5.38. The highest BCUT2D eigenvalue weighted by atomic mass is 16.6. The summed E-state index contributed by atoms with van der Waals surface area (Å²) >= 11 is 0. The monoisotopic (exact) mass is 281 g/mol. The summed E-state index contributed by atoms with van der Waals surface area (Å²) in [6.07, 6.45) is 0.512. The second-order valence-corrected chi connectivity index (χ2v) is 4.98. The second kappa shape index (κ2) is 7.75. The van der Waals surface area contributed by atoms with E-state index in [-0.39, 0.29) is 18.8 Å². The summed E-state index contributed by atoms with van der Waals surface area (Å²) in [6, 6.07) is 5.50. The van der Waals surface area contributed by atoms with Crippen molar-refractivity contribution in [2.75, 3.05) is 13.7 Å². The van der Waals surface area contributed by atoms with Crippen molar-refractivity contribution in [3.63, 3.8) is 0 Å². The third kappa shape index (κ3) is 5.48. The molecular formula is C15H23NO4. The van der Waals surface area contributed by atoms with Crippen molar-refractivity contribution in [3.05, 3.63) is 23.8 Å². The number of carbonyl (C=O) groups excluding carboxylic acids is 1. The van der Waals surface area contributed by atoms with E-state index >= 15 is 0 Å². The number of benzene rings is 1. The van der Waals surface area contributed by atoms with E-state index in [2.05, 4.69) is 0 Å². The van der Waals surface area contributed by atoms with E-state index in [0.29, 0.717) is 17.9 Å².